The molecule has 0 unspecified atom stereocenters. The minimum absolute atomic E-state index is 0.127. The molecule has 3 fully saturated rings. The van der Waals surface area contributed by atoms with E-state index in [0.29, 0.717) is 39.4 Å². The van der Waals surface area contributed by atoms with Crippen LogP contribution in [0.4, 0.5) is 10.1 Å². The van der Waals surface area contributed by atoms with Crippen LogP contribution < -0.4 is 5.43 Å². The van der Waals surface area contributed by atoms with Gasteiger partial charge in [-0.05, 0) is 96.8 Å². The average Bonchev–Trinajstić information content (AvgIpc) is 3.49. The van der Waals surface area contributed by atoms with Crippen LogP contribution >= 0.6 is 11.6 Å². The fraction of sp³-hybridized carbons (Fsp3) is 0.268. The summed E-state index contributed by atoms with van der Waals surface area (Å²) in [5.41, 5.74) is 5.96. The summed E-state index contributed by atoms with van der Waals surface area (Å²) in [5, 5.41) is 12.3. The number of halogens is 2. The van der Waals surface area contributed by atoms with Gasteiger partial charge in [-0.3, -0.25) is 29.5 Å². The van der Waals surface area contributed by atoms with Gasteiger partial charge in [-0.15, -0.1) is 0 Å². The van der Waals surface area contributed by atoms with Crippen molar-refractivity contribution in [3.05, 3.63) is 141 Å². The van der Waals surface area contributed by atoms with Gasteiger partial charge >= 0.3 is 0 Å². The first kappa shape index (κ1) is 32.9. The summed E-state index contributed by atoms with van der Waals surface area (Å²) in [6.45, 7) is 3.72. The van der Waals surface area contributed by atoms with E-state index in [1.165, 1.54) is 29.2 Å². The molecule has 0 bridgehead atoms. The van der Waals surface area contributed by atoms with Crippen LogP contribution in [0.1, 0.15) is 46.6 Å². The van der Waals surface area contributed by atoms with Gasteiger partial charge in [0.2, 0.25) is 11.8 Å². The van der Waals surface area contributed by atoms with Gasteiger partial charge in [-0.2, -0.15) is 5.01 Å². The second-order valence-corrected chi connectivity index (χ2v) is 14.6. The summed E-state index contributed by atoms with van der Waals surface area (Å²) in [6.07, 6.45) is 2.46. The summed E-state index contributed by atoms with van der Waals surface area (Å²) < 4.78 is 13.9. The summed E-state index contributed by atoms with van der Waals surface area (Å²) in [5.74, 6) is -5.37. The zero-order valence-corrected chi connectivity index (χ0v) is 28.7. The molecule has 4 aromatic rings. The number of hydrazine groups is 1. The number of nitrogens with zero attached hydrogens (tertiary/aromatic N) is 2. The lowest BCUT2D eigenvalue weighted by Gasteiger charge is -2.50. The summed E-state index contributed by atoms with van der Waals surface area (Å²) in [7, 11) is 0. The van der Waals surface area contributed by atoms with E-state index < -0.39 is 52.6 Å². The third-order valence-electron chi connectivity index (χ3n) is 11.4. The minimum atomic E-state index is -1.49. The van der Waals surface area contributed by atoms with Gasteiger partial charge in [0, 0.05) is 10.9 Å². The third-order valence-corrected chi connectivity index (χ3v) is 11.6. The molecule has 0 spiro atoms. The standard InChI is InChI=1S/C41H35ClFN3O5/c1-22-18-25(19-23(2)36(22)47)35-30-16-17-31-34(39(50)45(37(31)48)21-24-6-4-3-5-7-24)32(30)20-33-38(49)46(44-29-14-12-28(43)13-15-29)40(51)41(33,35)26-8-10-27(42)11-9-26/h3-16,18-19,31-35,44,47H,17,20-21H2,1-2H3/t31-,32+,33-,34-,35-,41+/m0/s1. The fourth-order valence-corrected chi connectivity index (χ4v) is 9.30. The maximum absolute atomic E-state index is 15.3. The Balaban J connectivity index is 1.32. The number of hydrogen-bond donors (Lipinski definition) is 2. The zero-order valence-electron chi connectivity index (χ0n) is 28.0. The van der Waals surface area contributed by atoms with Crippen LogP contribution in [0.15, 0.2) is 103 Å². The normalized spacial score (nSPS) is 26.9. The Morgan fingerprint density at radius 3 is 2.20 bits per heavy atom. The van der Waals surface area contributed by atoms with Gasteiger partial charge in [0.15, 0.2) is 0 Å². The molecule has 4 aliphatic rings. The predicted octanol–water partition coefficient (Wildman–Crippen LogP) is 6.99. The number of carbonyl (C=O) groups excluding carboxylic acids is 4. The molecule has 258 valence electrons. The van der Waals surface area contributed by atoms with E-state index in [-0.39, 0.29) is 30.5 Å². The second-order valence-electron chi connectivity index (χ2n) is 14.1. The van der Waals surface area contributed by atoms with Crippen molar-refractivity contribution in [2.45, 2.75) is 44.6 Å². The second kappa shape index (κ2) is 12.2. The van der Waals surface area contributed by atoms with Gasteiger partial charge in [0.05, 0.1) is 35.4 Å². The highest BCUT2D eigenvalue weighted by Gasteiger charge is 2.70. The van der Waals surface area contributed by atoms with Gasteiger partial charge in [0.25, 0.3) is 11.8 Å². The molecule has 8 rings (SSSR count). The number of aromatic hydroxyl groups is 1. The molecule has 2 saturated heterocycles. The van der Waals surface area contributed by atoms with Crippen molar-refractivity contribution in [3.63, 3.8) is 0 Å². The average molecular weight is 704 g/mol. The lowest BCUT2D eigenvalue weighted by atomic mass is 9.49. The first-order chi connectivity index (χ1) is 24.5. The van der Waals surface area contributed by atoms with Crippen LogP contribution in [0.5, 0.6) is 5.75 Å². The topological polar surface area (TPSA) is 107 Å². The molecule has 4 amide bonds. The van der Waals surface area contributed by atoms with Crippen molar-refractivity contribution in [2.24, 2.45) is 23.7 Å². The zero-order chi connectivity index (χ0) is 35.8. The van der Waals surface area contributed by atoms with Crippen molar-refractivity contribution >= 4 is 40.9 Å². The number of nitrogens with one attached hydrogen (secondary N) is 1. The molecule has 2 aliphatic heterocycles. The Bertz CT molecular complexity index is 2110. The van der Waals surface area contributed by atoms with E-state index >= 15 is 4.79 Å². The molecule has 2 aliphatic carbocycles. The van der Waals surface area contributed by atoms with E-state index in [1.807, 2.05) is 48.5 Å². The van der Waals surface area contributed by atoms with Gasteiger partial charge in [-0.25, -0.2) is 4.39 Å². The fourth-order valence-electron chi connectivity index (χ4n) is 9.17. The Morgan fingerprint density at radius 2 is 1.53 bits per heavy atom. The number of carbonyl (C=O) groups is 4. The Morgan fingerprint density at radius 1 is 0.863 bits per heavy atom. The number of allylic oxidation sites excluding steroid dienone is 2. The van der Waals surface area contributed by atoms with Crippen molar-refractivity contribution in [1.29, 1.82) is 0 Å². The minimum Gasteiger partial charge on any atom is -0.507 e. The van der Waals surface area contributed by atoms with E-state index in [4.69, 9.17) is 11.6 Å². The highest BCUT2D eigenvalue weighted by atomic mass is 35.5. The predicted molar refractivity (Wildman–Crippen MR) is 189 cm³/mol. The lowest BCUT2D eigenvalue weighted by Crippen LogP contribution is -2.53. The Hall–Kier alpha value is -5.28. The number of rotatable bonds is 6. The Kier molecular flexibility index (Phi) is 7.87. The van der Waals surface area contributed by atoms with E-state index in [2.05, 4.69) is 5.43 Å². The maximum atomic E-state index is 15.3. The van der Waals surface area contributed by atoms with Gasteiger partial charge in [-0.1, -0.05) is 77.8 Å². The molecule has 0 aromatic heterocycles. The highest BCUT2D eigenvalue weighted by molar-refractivity contribution is 6.30. The van der Waals surface area contributed by atoms with E-state index in [9.17, 15) is 23.9 Å². The quantitative estimate of drug-likeness (QED) is 0.166. The number of fused-ring (bicyclic) bond motifs is 4. The molecular formula is C41H35ClFN3O5. The molecule has 10 heteroatoms. The molecule has 6 atom stereocenters. The molecule has 51 heavy (non-hydrogen) atoms. The van der Waals surface area contributed by atoms with Crippen LogP contribution in [0.3, 0.4) is 0 Å². The number of imide groups is 2. The first-order valence-corrected chi connectivity index (χ1v) is 17.4. The number of benzene rings is 4. The SMILES string of the molecule is Cc1cc([C@H]2C3=CC[C@@H]4C(=O)N(Cc5ccccc5)C(=O)[C@@H]4[C@@H]3C[C@H]3C(=O)N(Nc4ccc(F)cc4)C(=O)[C@@]23c2ccc(Cl)cc2)cc(C)c1O. The monoisotopic (exact) mass is 703 g/mol. The summed E-state index contributed by atoms with van der Waals surface area (Å²) in [4.78, 5) is 59.7. The third kappa shape index (κ3) is 5.00. The van der Waals surface area contributed by atoms with Gasteiger partial charge in [0.1, 0.15) is 11.6 Å². The van der Waals surface area contributed by atoms with E-state index in [1.54, 1.807) is 38.1 Å². The van der Waals surface area contributed by atoms with Crippen LogP contribution in [0.2, 0.25) is 5.02 Å². The van der Waals surface area contributed by atoms with Crippen molar-refractivity contribution < 1.29 is 28.7 Å². The summed E-state index contributed by atoms with van der Waals surface area (Å²) in [6, 6.07) is 25.4. The van der Waals surface area contributed by atoms with Crippen molar-refractivity contribution in [1.82, 2.24) is 9.91 Å². The molecular weight excluding hydrogens is 669 g/mol. The van der Waals surface area contributed by atoms with Gasteiger partial charge < -0.3 is 5.11 Å². The maximum Gasteiger partial charge on any atom is 0.260 e. The molecule has 1 saturated carbocycles. The number of hydrogen-bond acceptors (Lipinski definition) is 6. The number of amides is 4. The van der Waals surface area contributed by atoms with Crippen LogP contribution in [-0.4, -0.2) is 38.6 Å². The number of aryl methyl sites for hydroxylation is 2. The highest BCUT2D eigenvalue weighted by Crippen LogP contribution is 2.64. The first-order valence-electron chi connectivity index (χ1n) is 17.1. The number of likely N-dealkylation sites (tertiary alicyclic amines) is 1. The van der Waals surface area contributed by atoms with Crippen LogP contribution in [0.25, 0.3) is 0 Å². The lowest BCUT2D eigenvalue weighted by molar-refractivity contribution is -0.142. The number of phenols is 1. The van der Waals surface area contributed by atoms with E-state index in [0.717, 1.165) is 16.1 Å². The van der Waals surface area contributed by atoms with Crippen molar-refractivity contribution in [2.75, 3.05) is 5.43 Å². The Labute approximate surface area is 299 Å². The number of anilines is 1. The molecule has 2 heterocycles. The smallest absolute Gasteiger partial charge is 0.260 e. The summed E-state index contributed by atoms with van der Waals surface area (Å²) >= 11 is 6.37. The molecule has 8 nitrogen and oxygen atoms in total. The number of phenolic OH excluding ortho intramolecular Hbond substituents is 1. The van der Waals surface area contributed by atoms with Crippen LogP contribution in [0, 0.1) is 43.3 Å². The largest absolute Gasteiger partial charge is 0.507 e. The molecule has 0 radical (unpaired) electrons. The molecule has 4 aromatic carbocycles. The van der Waals surface area contributed by atoms with Crippen molar-refractivity contribution in [3.8, 4) is 5.75 Å². The van der Waals surface area contributed by atoms with Crippen LogP contribution in [-0.2, 0) is 31.1 Å². The molecule has 2 N–H and O–H groups in total.